The molecule has 0 spiro atoms. The zero-order valence-corrected chi connectivity index (χ0v) is 20.8. The molecule has 1 heterocycles. The van der Waals surface area contributed by atoms with Crippen molar-refractivity contribution in [2.75, 3.05) is 46.8 Å². The van der Waals surface area contributed by atoms with Gasteiger partial charge in [0.25, 0.3) is 0 Å². The van der Waals surface area contributed by atoms with Gasteiger partial charge in [-0.05, 0) is 63.5 Å². The highest BCUT2D eigenvalue weighted by Crippen LogP contribution is 2.15. The maximum Gasteiger partial charge on any atom is 0.191 e. The van der Waals surface area contributed by atoms with Gasteiger partial charge in [-0.1, -0.05) is 38.1 Å². The Morgan fingerprint density at radius 3 is 2.25 bits per heavy atom. The third kappa shape index (κ3) is 9.56. The van der Waals surface area contributed by atoms with E-state index >= 15 is 0 Å². The molecule has 0 aromatic heterocycles. The smallest absolute Gasteiger partial charge is 0.191 e. The van der Waals surface area contributed by atoms with Crippen molar-refractivity contribution in [3.8, 4) is 0 Å². The number of halogens is 1. The van der Waals surface area contributed by atoms with E-state index in [1.165, 1.54) is 37.1 Å². The lowest BCUT2D eigenvalue weighted by atomic mass is 9.93. The summed E-state index contributed by atoms with van der Waals surface area (Å²) in [5.74, 6) is 0.894. The molecule has 160 valence electrons. The van der Waals surface area contributed by atoms with E-state index in [0.29, 0.717) is 6.54 Å². The number of guanidine groups is 1. The van der Waals surface area contributed by atoms with Crippen LogP contribution in [0.25, 0.3) is 0 Å². The Morgan fingerprint density at radius 1 is 1.07 bits per heavy atom. The van der Waals surface area contributed by atoms with Crippen molar-refractivity contribution in [1.82, 2.24) is 20.4 Å². The maximum atomic E-state index is 4.77. The quantitative estimate of drug-likeness (QED) is 0.309. The highest BCUT2D eigenvalue weighted by atomic mass is 127. The van der Waals surface area contributed by atoms with E-state index in [0.717, 1.165) is 32.1 Å². The maximum absolute atomic E-state index is 4.77. The van der Waals surface area contributed by atoms with Crippen LogP contribution in [0.2, 0.25) is 0 Å². The SMILES string of the molecule is CCNC(=NCc1ccc(CN2CCCC2)cc1)NCC(C)(C)CN(C)C.I. The van der Waals surface area contributed by atoms with Crippen LogP contribution < -0.4 is 10.6 Å². The summed E-state index contributed by atoms with van der Waals surface area (Å²) in [6.45, 7) is 13.7. The Hall–Kier alpha value is -0.860. The third-order valence-corrected chi connectivity index (χ3v) is 4.87. The van der Waals surface area contributed by atoms with Crippen molar-refractivity contribution in [3.05, 3.63) is 35.4 Å². The Kier molecular flexibility index (Phi) is 11.4. The molecule has 2 N–H and O–H groups in total. The fraction of sp³-hybridized carbons (Fsp3) is 0.682. The summed E-state index contributed by atoms with van der Waals surface area (Å²) < 4.78 is 0. The molecule has 0 atom stereocenters. The predicted molar refractivity (Wildman–Crippen MR) is 132 cm³/mol. The molecule has 1 fully saturated rings. The fourth-order valence-electron chi connectivity index (χ4n) is 3.70. The van der Waals surface area contributed by atoms with E-state index in [-0.39, 0.29) is 29.4 Å². The van der Waals surface area contributed by atoms with Gasteiger partial charge in [0.05, 0.1) is 6.54 Å². The van der Waals surface area contributed by atoms with Gasteiger partial charge < -0.3 is 15.5 Å². The van der Waals surface area contributed by atoms with Gasteiger partial charge >= 0.3 is 0 Å². The van der Waals surface area contributed by atoms with E-state index in [4.69, 9.17) is 4.99 Å². The number of hydrogen-bond acceptors (Lipinski definition) is 3. The van der Waals surface area contributed by atoms with Crippen LogP contribution in [0.4, 0.5) is 0 Å². The number of hydrogen-bond donors (Lipinski definition) is 2. The van der Waals surface area contributed by atoms with Gasteiger partial charge in [0, 0.05) is 26.2 Å². The molecular weight excluding hydrogens is 461 g/mol. The molecule has 2 rings (SSSR count). The van der Waals surface area contributed by atoms with Crippen LogP contribution in [0.5, 0.6) is 0 Å². The van der Waals surface area contributed by atoms with E-state index < -0.39 is 0 Å². The summed E-state index contributed by atoms with van der Waals surface area (Å²) in [6, 6.07) is 8.94. The average molecular weight is 502 g/mol. The molecule has 1 aromatic carbocycles. The van der Waals surface area contributed by atoms with Crippen LogP contribution in [-0.4, -0.2) is 62.6 Å². The Bertz CT molecular complexity index is 577. The van der Waals surface area contributed by atoms with Gasteiger partial charge in [-0.3, -0.25) is 4.90 Å². The van der Waals surface area contributed by atoms with Crippen LogP contribution >= 0.6 is 24.0 Å². The number of nitrogens with one attached hydrogen (secondary N) is 2. The summed E-state index contributed by atoms with van der Waals surface area (Å²) in [7, 11) is 4.24. The number of aliphatic imine (C=N–C) groups is 1. The van der Waals surface area contributed by atoms with Crippen LogP contribution in [0.3, 0.4) is 0 Å². The van der Waals surface area contributed by atoms with Gasteiger partial charge in [-0.2, -0.15) is 0 Å². The molecule has 0 radical (unpaired) electrons. The molecule has 0 aliphatic carbocycles. The lowest BCUT2D eigenvalue weighted by Crippen LogP contribution is -2.44. The number of rotatable bonds is 9. The highest BCUT2D eigenvalue weighted by Gasteiger charge is 2.19. The lowest BCUT2D eigenvalue weighted by molar-refractivity contribution is 0.241. The minimum absolute atomic E-state index is 0. The second-order valence-corrected chi connectivity index (χ2v) is 8.75. The monoisotopic (exact) mass is 501 g/mol. The first-order chi connectivity index (χ1) is 12.9. The molecular formula is C22H40IN5. The zero-order chi connectivity index (χ0) is 19.7. The Morgan fingerprint density at radius 2 is 1.68 bits per heavy atom. The second kappa shape index (κ2) is 12.6. The summed E-state index contributed by atoms with van der Waals surface area (Å²) in [4.78, 5) is 9.54. The van der Waals surface area contributed by atoms with Crippen LogP contribution in [0.15, 0.2) is 29.3 Å². The van der Waals surface area contributed by atoms with Crippen LogP contribution in [-0.2, 0) is 13.1 Å². The molecule has 0 saturated carbocycles. The summed E-state index contributed by atoms with van der Waals surface area (Å²) in [6.07, 6.45) is 2.69. The molecule has 1 aliphatic rings. The normalized spacial score (nSPS) is 15.6. The third-order valence-electron chi connectivity index (χ3n) is 4.87. The first-order valence-corrected chi connectivity index (χ1v) is 10.3. The van der Waals surface area contributed by atoms with E-state index in [1.54, 1.807) is 0 Å². The topological polar surface area (TPSA) is 42.9 Å². The molecule has 0 amide bonds. The van der Waals surface area contributed by atoms with E-state index in [9.17, 15) is 0 Å². The van der Waals surface area contributed by atoms with Gasteiger partial charge in [0.1, 0.15) is 0 Å². The van der Waals surface area contributed by atoms with Gasteiger partial charge in [0.2, 0.25) is 0 Å². The Labute approximate surface area is 189 Å². The molecule has 5 nitrogen and oxygen atoms in total. The summed E-state index contributed by atoms with van der Waals surface area (Å²) in [5.41, 5.74) is 2.85. The van der Waals surface area contributed by atoms with Crippen molar-refractivity contribution >= 4 is 29.9 Å². The van der Waals surface area contributed by atoms with E-state index in [2.05, 4.69) is 79.6 Å². The summed E-state index contributed by atoms with van der Waals surface area (Å²) in [5, 5.41) is 6.86. The molecule has 1 aromatic rings. The minimum Gasteiger partial charge on any atom is -0.357 e. The Balaban J connectivity index is 0.00000392. The van der Waals surface area contributed by atoms with Gasteiger partial charge in [0.15, 0.2) is 5.96 Å². The molecule has 28 heavy (non-hydrogen) atoms. The number of nitrogens with zero attached hydrogens (tertiary/aromatic N) is 3. The van der Waals surface area contributed by atoms with Crippen LogP contribution in [0, 0.1) is 5.41 Å². The fourth-order valence-corrected chi connectivity index (χ4v) is 3.70. The highest BCUT2D eigenvalue weighted by molar-refractivity contribution is 14.0. The largest absolute Gasteiger partial charge is 0.357 e. The standard InChI is InChI=1S/C22H39N5.HI/c1-6-23-21(25-17-22(2,3)18-26(4)5)24-15-19-9-11-20(12-10-19)16-27-13-7-8-14-27;/h9-12H,6-8,13-18H2,1-5H3,(H2,23,24,25);1H. The van der Waals surface area contributed by atoms with Crippen molar-refractivity contribution in [3.63, 3.8) is 0 Å². The number of benzene rings is 1. The molecule has 1 aliphatic heterocycles. The molecule has 6 heteroatoms. The van der Waals surface area contributed by atoms with Gasteiger partial charge in [-0.25, -0.2) is 4.99 Å². The number of likely N-dealkylation sites (tertiary alicyclic amines) is 1. The van der Waals surface area contributed by atoms with Crippen LogP contribution in [0.1, 0.15) is 44.7 Å². The average Bonchev–Trinajstić information content (AvgIpc) is 3.10. The van der Waals surface area contributed by atoms with Crippen molar-refractivity contribution in [2.24, 2.45) is 10.4 Å². The first kappa shape index (κ1) is 25.2. The zero-order valence-electron chi connectivity index (χ0n) is 18.4. The first-order valence-electron chi connectivity index (χ1n) is 10.3. The lowest BCUT2D eigenvalue weighted by Gasteiger charge is -2.29. The molecule has 0 unspecified atom stereocenters. The van der Waals surface area contributed by atoms with E-state index in [1.807, 2.05) is 0 Å². The van der Waals surface area contributed by atoms with Crippen molar-refractivity contribution in [2.45, 2.75) is 46.7 Å². The van der Waals surface area contributed by atoms with Gasteiger partial charge in [-0.15, -0.1) is 24.0 Å². The minimum atomic E-state index is 0. The molecule has 0 bridgehead atoms. The second-order valence-electron chi connectivity index (χ2n) is 8.75. The predicted octanol–water partition coefficient (Wildman–Crippen LogP) is 3.54. The van der Waals surface area contributed by atoms with Crippen molar-refractivity contribution in [1.29, 1.82) is 0 Å². The van der Waals surface area contributed by atoms with Crippen molar-refractivity contribution < 1.29 is 0 Å². The summed E-state index contributed by atoms with van der Waals surface area (Å²) >= 11 is 0. The molecule has 1 saturated heterocycles.